The average molecular weight is 173 g/mol. The number of benzene rings is 1. The van der Waals surface area contributed by atoms with Gasteiger partial charge in [-0.05, 0) is 12.1 Å². The van der Waals surface area contributed by atoms with Gasteiger partial charge in [0.2, 0.25) is 0 Å². The number of anilines is 1. The minimum absolute atomic E-state index is 0.217. The Labute approximate surface area is 68.5 Å². The van der Waals surface area contributed by atoms with E-state index >= 15 is 0 Å². The average Bonchev–Trinajstić information content (AvgIpc) is 2.03. The molecule has 0 bridgehead atoms. The molecule has 5 heteroatoms. The second-order valence-corrected chi connectivity index (χ2v) is 2.18. The normalized spacial score (nSPS) is 9.92. The largest absolute Gasteiger partial charge is 0.369 e. The zero-order valence-electron chi connectivity index (χ0n) is 6.27. The molecule has 0 aromatic heterocycles. The molecule has 1 aromatic carbocycles. The fourth-order valence-electron chi connectivity index (χ4n) is 0.779. The number of nitrogens with two attached hydrogens (primary N) is 1. The van der Waals surface area contributed by atoms with Crippen molar-refractivity contribution in [1.82, 2.24) is 5.43 Å². The molecule has 0 aliphatic rings. The van der Waals surface area contributed by atoms with E-state index in [-0.39, 0.29) is 12.4 Å². The number of hydrogen-bond acceptors (Lipinski definition) is 3. The number of halogens is 2. The highest BCUT2D eigenvalue weighted by Gasteiger charge is 2.01. The Balaban J connectivity index is 2.72. The summed E-state index contributed by atoms with van der Waals surface area (Å²) in [6, 6.07) is 3.28. The highest BCUT2D eigenvalue weighted by atomic mass is 19.1. The lowest BCUT2D eigenvalue weighted by molar-refractivity contribution is 0.584. The Morgan fingerprint density at radius 2 is 2.08 bits per heavy atom. The van der Waals surface area contributed by atoms with Crippen molar-refractivity contribution in [3.63, 3.8) is 0 Å². The van der Waals surface area contributed by atoms with Crippen LogP contribution in [0.5, 0.6) is 0 Å². The van der Waals surface area contributed by atoms with E-state index in [4.69, 9.17) is 5.84 Å². The number of hydrogen-bond donors (Lipinski definition) is 3. The minimum Gasteiger partial charge on any atom is -0.369 e. The second-order valence-electron chi connectivity index (χ2n) is 2.18. The molecular formula is C7H9F2N3. The van der Waals surface area contributed by atoms with Gasteiger partial charge in [-0.25, -0.2) is 14.2 Å². The van der Waals surface area contributed by atoms with Crippen molar-refractivity contribution < 1.29 is 8.78 Å². The van der Waals surface area contributed by atoms with Crippen molar-refractivity contribution >= 4 is 5.69 Å². The predicted octanol–water partition coefficient (Wildman–Crippen LogP) is 0.797. The maximum Gasteiger partial charge on any atom is 0.149 e. The lowest BCUT2D eigenvalue weighted by Crippen LogP contribution is -2.28. The Morgan fingerprint density at radius 1 is 1.33 bits per heavy atom. The predicted molar refractivity (Wildman–Crippen MR) is 42.2 cm³/mol. The first-order valence-electron chi connectivity index (χ1n) is 3.36. The van der Waals surface area contributed by atoms with Gasteiger partial charge in [0.1, 0.15) is 11.6 Å². The molecule has 0 unspecified atom stereocenters. The number of hydrazine groups is 1. The van der Waals surface area contributed by atoms with Crippen molar-refractivity contribution in [3.05, 3.63) is 29.8 Å². The molecule has 4 N–H and O–H groups in total. The molecule has 0 radical (unpaired) electrons. The van der Waals surface area contributed by atoms with Crippen molar-refractivity contribution in [2.45, 2.75) is 0 Å². The summed E-state index contributed by atoms with van der Waals surface area (Å²) in [4.78, 5) is 0. The summed E-state index contributed by atoms with van der Waals surface area (Å²) in [5.74, 6) is 3.71. The standard InChI is InChI=1S/C7H9F2N3/c8-5-1-2-7(6(9)3-5)11-4-12-10/h1-3,11-12H,4,10H2. The van der Waals surface area contributed by atoms with Crippen LogP contribution < -0.4 is 16.6 Å². The highest BCUT2D eigenvalue weighted by Crippen LogP contribution is 2.13. The summed E-state index contributed by atoms with van der Waals surface area (Å²) in [5.41, 5.74) is 2.50. The summed E-state index contributed by atoms with van der Waals surface area (Å²) in [6.07, 6.45) is 0. The van der Waals surface area contributed by atoms with E-state index in [9.17, 15) is 8.78 Å². The molecule has 66 valence electrons. The van der Waals surface area contributed by atoms with E-state index in [1.54, 1.807) is 0 Å². The molecule has 0 heterocycles. The summed E-state index contributed by atoms with van der Waals surface area (Å²) >= 11 is 0. The topological polar surface area (TPSA) is 50.1 Å². The van der Waals surface area contributed by atoms with Gasteiger partial charge in [-0.3, -0.25) is 5.84 Å². The van der Waals surface area contributed by atoms with Crippen molar-refractivity contribution in [2.24, 2.45) is 5.84 Å². The van der Waals surface area contributed by atoms with Crippen LogP contribution in [0.2, 0.25) is 0 Å². The lowest BCUT2D eigenvalue weighted by Gasteiger charge is -2.05. The Bertz CT molecular complexity index is 265. The van der Waals surface area contributed by atoms with Gasteiger partial charge < -0.3 is 5.32 Å². The fourth-order valence-corrected chi connectivity index (χ4v) is 0.779. The van der Waals surface area contributed by atoms with Gasteiger partial charge >= 0.3 is 0 Å². The van der Waals surface area contributed by atoms with Gasteiger partial charge in [0, 0.05) is 6.07 Å². The van der Waals surface area contributed by atoms with Gasteiger partial charge in [0.25, 0.3) is 0 Å². The van der Waals surface area contributed by atoms with Gasteiger partial charge in [-0.15, -0.1) is 0 Å². The van der Waals surface area contributed by atoms with E-state index in [1.165, 1.54) is 12.1 Å². The molecule has 0 atom stereocenters. The third kappa shape index (κ3) is 2.14. The molecule has 1 rings (SSSR count). The van der Waals surface area contributed by atoms with Gasteiger partial charge in [0.15, 0.2) is 0 Å². The van der Waals surface area contributed by atoms with Crippen molar-refractivity contribution in [2.75, 3.05) is 12.0 Å². The van der Waals surface area contributed by atoms with Crippen LogP contribution in [-0.2, 0) is 0 Å². The Hall–Kier alpha value is -1.20. The van der Waals surface area contributed by atoms with Crippen molar-refractivity contribution in [3.8, 4) is 0 Å². The van der Waals surface area contributed by atoms with Crippen LogP contribution in [0.25, 0.3) is 0 Å². The highest BCUT2D eigenvalue weighted by molar-refractivity contribution is 5.44. The summed E-state index contributed by atoms with van der Waals surface area (Å²) in [5, 5.41) is 2.61. The van der Waals surface area contributed by atoms with Crippen LogP contribution in [0.3, 0.4) is 0 Å². The van der Waals surface area contributed by atoms with E-state index in [2.05, 4.69) is 10.7 Å². The SMILES string of the molecule is NNCNc1ccc(F)cc1F. The fraction of sp³-hybridized carbons (Fsp3) is 0.143. The molecule has 0 saturated carbocycles. The molecule has 0 amide bonds. The maximum atomic E-state index is 12.8. The van der Waals surface area contributed by atoms with Crippen LogP contribution >= 0.6 is 0 Å². The Morgan fingerprint density at radius 3 is 2.67 bits per heavy atom. The smallest absolute Gasteiger partial charge is 0.149 e. The molecule has 3 nitrogen and oxygen atoms in total. The van der Waals surface area contributed by atoms with E-state index in [0.717, 1.165) is 6.07 Å². The maximum absolute atomic E-state index is 12.8. The summed E-state index contributed by atoms with van der Waals surface area (Å²) in [6.45, 7) is 0.225. The second kappa shape index (κ2) is 3.99. The molecule has 0 spiro atoms. The number of rotatable bonds is 3. The van der Waals surface area contributed by atoms with Crippen LogP contribution in [0.15, 0.2) is 18.2 Å². The first kappa shape index (κ1) is 8.89. The van der Waals surface area contributed by atoms with Crippen LogP contribution in [0, 0.1) is 11.6 Å². The zero-order chi connectivity index (χ0) is 8.97. The monoisotopic (exact) mass is 173 g/mol. The quantitative estimate of drug-likeness (QED) is 0.360. The molecule has 12 heavy (non-hydrogen) atoms. The summed E-state index contributed by atoms with van der Waals surface area (Å²) in [7, 11) is 0. The molecule has 0 saturated heterocycles. The van der Waals surface area contributed by atoms with E-state index < -0.39 is 11.6 Å². The Kier molecular flexibility index (Phi) is 2.95. The van der Waals surface area contributed by atoms with E-state index in [0.29, 0.717) is 0 Å². The van der Waals surface area contributed by atoms with Gasteiger partial charge in [-0.2, -0.15) is 0 Å². The third-order valence-electron chi connectivity index (χ3n) is 1.31. The van der Waals surface area contributed by atoms with Crippen LogP contribution in [-0.4, -0.2) is 6.67 Å². The third-order valence-corrected chi connectivity index (χ3v) is 1.31. The molecule has 1 aromatic rings. The van der Waals surface area contributed by atoms with Gasteiger partial charge in [-0.1, -0.05) is 0 Å². The molecule has 0 aliphatic heterocycles. The van der Waals surface area contributed by atoms with Gasteiger partial charge in [0.05, 0.1) is 12.4 Å². The minimum atomic E-state index is -0.634. The molecule has 0 aliphatic carbocycles. The zero-order valence-corrected chi connectivity index (χ0v) is 6.27. The first-order chi connectivity index (χ1) is 5.74. The number of nitrogens with one attached hydrogen (secondary N) is 2. The van der Waals surface area contributed by atoms with Crippen molar-refractivity contribution in [1.29, 1.82) is 0 Å². The molecular weight excluding hydrogens is 164 g/mol. The van der Waals surface area contributed by atoms with Crippen LogP contribution in [0.1, 0.15) is 0 Å². The van der Waals surface area contributed by atoms with E-state index in [1.807, 2.05) is 0 Å². The lowest BCUT2D eigenvalue weighted by atomic mass is 10.3. The van der Waals surface area contributed by atoms with Crippen LogP contribution in [0.4, 0.5) is 14.5 Å². The summed E-state index contributed by atoms with van der Waals surface area (Å²) < 4.78 is 25.2. The molecule has 0 fully saturated rings. The first-order valence-corrected chi connectivity index (χ1v) is 3.36.